The molecule has 0 bridgehead atoms. The van der Waals surface area contributed by atoms with Gasteiger partial charge in [0.05, 0.1) is 0 Å². The molecular formula is C30H50O. The van der Waals surface area contributed by atoms with E-state index in [9.17, 15) is 4.79 Å². The Hall–Kier alpha value is -0.330. The normalized spacial score (nSPS) is 58.5. The van der Waals surface area contributed by atoms with Crippen LogP contribution in [-0.4, -0.2) is 5.78 Å². The third kappa shape index (κ3) is 2.70. The lowest BCUT2D eigenvalue weighted by molar-refractivity contribution is -0.256. The second kappa shape index (κ2) is 6.41. The topological polar surface area (TPSA) is 17.1 Å². The fourth-order valence-corrected chi connectivity index (χ4v) is 11.2. The Labute approximate surface area is 192 Å². The van der Waals surface area contributed by atoms with Crippen molar-refractivity contribution >= 4 is 5.78 Å². The van der Waals surface area contributed by atoms with Crippen LogP contribution < -0.4 is 0 Å². The van der Waals surface area contributed by atoms with E-state index < -0.39 is 0 Å². The van der Waals surface area contributed by atoms with Crippen LogP contribution in [0.5, 0.6) is 0 Å². The molecule has 0 N–H and O–H groups in total. The van der Waals surface area contributed by atoms with Crippen molar-refractivity contribution in [1.29, 1.82) is 0 Å². The summed E-state index contributed by atoms with van der Waals surface area (Å²) in [5.74, 6) is 3.27. The highest BCUT2D eigenvalue weighted by Crippen LogP contribution is 2.78. The summed E-state index contributed by atoms with van der Waals surface area (Å²) in [7, 11) is 0. The molecule has 1 heteroatoms. The maximum Gasteiger partial charge on any atom is 0.136 e. The number of carbonyl (C=O) groups is 1. The number of hydrogen-bond acceptors (Lipinski definition) is 1. The first-order chi connectivity index (χ1) is 14.2. The smallest absolute Gasteiger partial charge is 0.136 e. The Morgan fingerprint density at radius 3 is 1.97 bits per heavy atom. The van der Waals surface area contributed by atoms with Crippen LogP contribution in [0.2, 0.25) is 0 Å². The highest BCUT2D eigenvalue weighted by atomic mass is 16.1. The summed E-state index contributed by atoms with van der Waals surface area (Å²) >= 11 is 0. The summed E-state index contributed by atoms with van der Waals surface area (Å²) in [4.78, 5) is 12.7. The van der Waals surface area contributed by atoms with E-state index >= 15 is 0 Å². The summed E-state index contributed by atoms with van der Waals surface area (Å²) in [5.41, 5.74) is 2.67. The van der Waals surface area contributed by atoms with Gasteiger partial charge in [0.1, 0.15) is 5.78 Å². The predicted octanol–water partition coefficient (Wildman–Crippen LogP) is 8.46. The molecule has 0 aromatic carbocycles. The van der Waals surface area contributed by atoms with Crippen molar-refractivity contribution in [2.75, 3.05) is 0 Å². The van der Waals surface area contributed by atoms with Crippen LogP contribution in [0.15, 0.2) is 0 Å². The number of ketones is 1. The quantitative estimate of drug-likeness (QED) is 0.379. The molecule has 0 aliphatic heterocycles. The summed E-state index contributed by atoms with van der Waals surface area (Å²) in [6.07, 6.45) is 14.6. The zero-order valence-corrected chi connectivity index (χ0v) is 22.0. The van der Waals surface area contributed by atoms with Gasteiger partial charge in [0.2, 0.25) is 0 Å². The van der Waals surface area contributed by atoms with Crippen molar-refractivity contribution < 1.29 is 4.79 Å². The van der Waals surface area contributed by atoms with Gasteiger partial charge in [-0.05, 0) is 114 Å². The number of hydrogen-bond donors (Lipinski definition) is 0. The summed E-state index contributed by atoms with van der Waals surface area (Å²) in [5, 5.41) is 0. The van der Waals surface area contributed by atoms with Crippen LogP contribution in [-0.2, 0) is 4.79 Å². The molecule has 5 saturated carbocycles. The molecule has 5 aliphatic carbocycles. The lowest BCUT2D eigenvalue weighted by atomic mass is 9.30. The van der Waals surface area contributed by atoms with Gasteiger partial charge in [-0.25, -0.2) is 0 Å². The van der Waals surface area contributed by atoms with Crippen LogP contribution in [0.3, 0.4) is 0 Å². The first-order valence-electron chi connectivity index (χ1n) is 13.7. The predicted molar refractivity (Wildman–Crippen MR) is 130 cm³/mol. The van der Waals surface area contributed by atoms with Crippen molar-refractivity contribution in [3.05, 3.63) is 0 Å². The largest absolute Gasteiger partial charge is 0.299 e. The first kappa shape index (κ1) is 22.5. The highest BCUT2D eigenvalue weighted by molar-refractivity contribution is 5.82. The second-order valence-electron chi connectivity index (χ2n) is 15.3. The Morgan fingerprint density at radius 2 is 1.26 bits per heavy atom. The summed E-state index contributed by atoms with van der Waals surface area (Å²) in [6, 6.07) is 0. The molecule has 0 heterocycles. The Balaban J connectivity index is 1.55. The van der Waals surface area contributed by atoms with Gasteiger partial charge in [0.15, 0.2) is 0 Å². The third-order valence-corrected chi connectivity index (χ3v) is 13.7. The van der Waals surface area contributed by atoms with E-state index in [1.54, 1.807) is 0 Å². The van der Waals surface area contributed by atoms with Crippen LogP contribution in [0.1, 0.15) is 126 Å². The van der Waals surface area contributed by atoms with Gasteiger partial charge in [0.25, 0.3) is 0 Å². The Kier molecular flexibility index (Phi) is 4.65. The molecule has 5 aliphatic rings. The van der Waals surface area contributed by atoms with E-state index in [1.807, 2.05) is 0 Å². The van der Waals surface area contributed by atoms with Crippen molar-refractivity contribution in [3.63, 3.8) is 0 Å². The molecular weight excluding hydrogens is 376 g/mol. The zero-order chi connectivity index (χ0) is 22.7. The average molecular weight is 427 g/mol. The van der Waals surface area contributed by atoms with Crippen LogP contribution in [0.25, 0.3) is 0 Å². The molecule has 0 aromatic heterocycles. The van der Waals surface area contributed by atoms with E-state index in [0.717, 1.165) is 30.6 Å². The van der Waals surface area contributed by atoms with E-state index in [0.29, 0.717) is 32.9 Å². The average Bonchev–Trinajstić information content (AvgIpc) is 2.69. The SMILES string of the molecule is C[C@@H]1C(=O)CC[C@H]2[C@@]1(C)CC[C@@H]1[C@]2(C)CC[C@]2(C)[C@H]3CC(C)(C)CC[C@@]3(C)CC[C@@]12C. The van der Waals surface area contributed by atoms with E-state index in [2.05, 4.69) is 55.4 Å². The molecule has 0 radical (unpaired) electrons. The fraction of sp³-hybridized carbons (Fsp3) is 0.967. The number of Topliss-reactive ketones (excluding diaryl/α,β-unsaturated/α-hetero) is 1. The Morgan fingerprint density at radius 1 is 0.645 bits per heavy atom. The molecule has 31 heavy (non-hydrogen) atoms. The molecule has 9 atom stereocenters. The van der Waals surface area contributed by atoms with E-state index in [1.165, 1.54) is 57.8 Å². The minimum atomic E-state index is 0.237. The minimum Gasteiger partial charge on any atom is -0.299 e. The molecule has 0 aromatic rings. The van der Waals surface area contributed by atoms with Gasteiger partial charge in [0, 0.05) is 12.3 Å². The Bertz CT molecular complexity index is 781. The molecule has 0 spiro atoms. The monoisotopic (exact) mass is 426 g/mol. The van der Waals surface area contributed by atoms with Crippen LogP contribution in [0, 0.1) is 56.2 Å². The molecule has 1 nitrogen and oxygen atoms in total. The molecule has 0 unspecified atom stereocenters. The van der Waals surface area contributed by atoms with Gasteiger partial charge in [-0.2, -0.15) is 0 Å². The fourth-order valence-electron chi connectivity index (χ4n) is 11.2. The molecule has 5 rings (SSSR count). The van der Waals surface area contributed by atoms with Gasteiger partial charge < -0.3 is 0 Å². The van der Waals surface area contributed by atoms with Crippen molar-refractivity contribution in [3.8, 4) is 0 Å². The zero-order valence-electron chi connectivity index (χ0n) is 22.0. The second-order valence-corrected chi connectivity index (χ2v) is 15.3. The highest BCUT2D eigenvalue weighted by Gasteiger charge is 2.70. The summed E-state index contributed by atoms with van der Waals surface area (Å²) in [6.45, 7) is 20.7. The van der Waals surface area contributed by atoms with Crippen molar-refractivity contribution in [2.45, 2.75) is 126 Å². The number of carbonyl (C=O) groups excluding carboxylic acids is 1. The molecule has 5 fully saturated rings. The maximum absolute atomic E-state index is 12.7. The third-order valence-electron chi connectivity index (χ3n) is 13.7. The summed E-state index contributed by atoms with van der Waals surface area (Å²) < 4.78 is 0. The maximum atomic E-state index is 12.7. The molecule has 176 valence electrons. The van der Waals surface area contributed by atoms with Gasteiger partial charge in [-0.1, -0.05) is 55.4 Å². The van der Waals surface area contributed by atoms with E-state index in [-0.39, 0.29) is 11.3 Å². The standard InChI is InChI=1S/C30H50O/c1-20-21(31)9-10-22-27(20,5)12-11-23-28(22,6)16-18-30(8)24-19-25(2,3)13-14-26(24,4)15-17-29(23,30)7/h20,22-24H,9-19H2,1-8H3/t20-,22+,23-,24+,26+,27+,28-,29+,30-/m1/s1. The van der Waals surface area contributed by atoms with Crippen molar-refractivity contribution in [1.82, 2.24) is 0 Å². The van der Waals surface area contributed by atoms with Crippen LogP contribution >= 0.6 is 0 Å². The van der Waals surface area contributed by atoms with Crippen molar-refractivity contribution in [2.24, 2.45) is 56.2 Å². The lowest BCUT2D eigenvalue weighted by Gasteiger charge is -2.74. The van der Waals surface area contributed by atoms with Gasteiger partial charge in [-0.15, -0.1) is 0 Å². The number of rotatable bonds is 0. The van der Waals surface area contributed by atoms with E-state index in [4.69, 9.17) is 0 Å². The first-order valence-corrected chi connectivity index (χ1v) is 13.7. The van der Waals surface area contributed by atoms with Gasteiger partial charge in [-0.3, -0.25) is 4.79 Å². The van der Waals surface area contributed by atoms with Gasteiger partial charge >= 0.3 is 0 Å². The molecule has 0 amide bonds. The lowest BCUT2D eigenvalue weighted by Crippen LogP contribution is -2.67. The van der Waals surface area contributed by atoms with Crippen LogP contribution in [0.4, 0.5) is 0 Å². The molecule has 0 saturated heterocycles. The number of fused-ring (bicyclic) bond motifs is 7. The minimum absolute atomic E-state index is 0.237.